The zero-order valence-electron chi connectivity index (χ0n) is 12.8. The van der Waals surface area contributed by atoms with Gasteiger partial charge in [0.25, 0.3) is 5.91 Å². The van der Waals surface area contributed by atoms with Gasteiger partial charge in [0.1, 0.15) is 0 Å². The van der Waals surface area contributed by atoms with E-state index in [0.29, 0.717) is 12.3 Å². The van der Waals surface area contributed by atoms with E-state index in [-0.39, 0.29) is 24.5 Å². The number of benzene rings is 1. The van der Waals surface area contributed by atoms with Gasteiger partial charge < -0.3 is 16.2 Å². The topological polar surface area (TPSA) is 118 Å². The molecule has 7 nitrogen and oxygen atoms in total. The van der Waals surface area contributed by atoms with Crippen molar-refractivity contribution in [2.24, 2.45) is 11.7 Å². The molecule has 0 spiro atoms. The van der Waals surface area contributed by atoms with Gasteiger partial charge in [-0.25, -0.2) is 0 Å². The van der Waals surface area contributed by atoms with Crippen LogP contribution < -0.4 is 11.1 Å². The van der Waals surface area contributed by atoms with E-state index in [1.54, 1.807) is 0 Å². The Kier molecular flexibility index (Phi) is 7.28. The summed E-state index contributed by atoms with van der Waals surface area (Å²) in [5.74, 6) is -0.608. The van der Waals surface area contributed by atoms with Crippen molar-refractivity contribution in [3.8, 4) is 5.75 Å². The summed E-state index contributed by atoms with van der Waals surface area (Å²) in [5.41, 5.74) is 4.87. The third-order valence-corrected chi connectivity index (χ3v) is 3.16. The molecule has 0 aromatic heterocycles. The van der Waals surface area contributed by atoms with Crippen LogP contribution in [-0.2, 0) is 0 Å². The summed E-state index contributed by atoms with van der Waals surface area (Å²) in [4.78, 5) is 22.1. The average molecular weight is 332 g/mol. The Labute approximate surface area is 135 Å². The number of halogens is 1. The summed E-state index contributed by atoms with van der Waals surface area (Å²) in [5, 5.41) is 23.0. The molecule has 1 rings (SSSR count). The summed E-state index contributed by atoms with van der Waals surface area (Å²) in [6.45, 7) is 6.17. The first-order valence-corrected chi connectivity index (χ1v) is 6.68. The second kappa shape index (κ2) is 7.95. The number of nitro benzene ring substituents is 1. The number of nitrogens with zero attached hydrogens (tertiary/aromatic N) is 1. The van der Waals surface area contributed by atoms with Crippen molar-refractivity contribution in [1.29, 1.82) is 0 Å². The molecule has 0 radical (unpaired) electrons. The lowest BCUT2D eigenvalue weighted by Gasteiger charge is -2.31. The van der Waals surface area contributed by atoms with Crippen molar-refractivity contribution in [2.45, 2.75) is 32.7 Å². The zero-order chi connectivity index (χ0) is 16.2. The number of aromatic hydroxyl groups is 1. The second-order valence-electron chi connectivity index (χ2n) is 5.78. The first kappa shape index (κ1) is 20.1. The molecule has 0 saturated heterocycles. The minimum absolute atomic E-state index is 0. The van der Waals surface area contributed by atoms with Gasteiger partial charge in [-0.05, 0) is 31.4 Å². The highest BCUT2D eigenvalue weighted by atomic mass is 35.5. The van der Waals surface area contributed by atoms with Gasteiger partial charge in [-0.2, -0.15) is 0 Å². The molecule has 1 aromatic carbocycles. The molecule has 1 atom stereocenters. The van der Waals surface area contributed by atoms with Gasteiger partial charge in [0.2, 0.25) is 0 Å². The standard InChI is InChI=1S/C14H21N3O4.ClH/c1-9(2)7-14(3,8-15)16-13(19)10-4-5-11(17(20)21)12(18)6-10;/h4-6,9,18H,7-8,15H2,1-3H3,(H,16,19);1H. The maximum absolute atomic E-state index is 12.2. The number of nitrogens with two attached hydrogens (primary N) is 1. The molecule has 0 fully saturated rings. The Morgan fingerprint density at radius 1 is 1.50 bits per heavy atom. The van der Waals surface area contributed by atoms with Gasteiger partial charge >= 0.3 is 5.69 Å². The zero-order valence-corrected chi connectivity index (χ0v) is 13.6. The number of nitro groups is 1. The quantitative estimate of drug-likeness (QED) is 0.545. The van der Waals surface area contributed by atoms with Gasteiger partial charge in [-0.1, -0.05) is 13.8 Å². The monoisotopic (exact) mass is 331 g/mol. The van der Waals surface area contributed by atoms with E-state index < -0.39 is 27.8 Å². The van der Waals surface area contributed by atoms with Crippen LogP contribution >= 0.6 is 12.4 Å². The van der Waals surface area contributed by atoms with Crippen LogP contribution in [0.1, 0.15) is 37.6 Å². The maximum Gasteiger partial charge on any atom is 0.310 e. The highest BCUT2D eigenvalue weighted by Crippen LogP contribution is 2.26. The van der Waals surface area contributed by atoms with Crippen LogP contribution in [0.3, 0.4) is 0 Å². The molecule has 1 unspecified atom stereocenters. The molecule has 4 N–H and O–H groups in total. The fraction of sp³-hybridized carbons (Fsp3) is 0.500. The Morgan fingerprint density at radius 2 is 2.09 bits per heavy atom. The fourth-order valence-electron chi connectivity index (χ4n) is 2.25. The number of phenolic OH excluding ortho intramolecular Hbond substituents is 1. The van der Waals surface area contributed by atoms with Gasteiger partial charge in [0.05, 0.1) is 4.92 Å². The Morgan fingerprint density at radius 3 is 2.50 bits per heavy atom. The minimum Gasteiger partial charge on any atom is -0.502 e. The molecule has 0 saturated carbocycles. The fourth-order valence-corrected chi connectivity index (χ4v) is 2.25. The highest BCUT2D eigenvalue weighted by molar-refractivity contribution is 5.95. The van der Waals surface area contributed by atoms with Crippen molar-refractivity contribution in [3.63, 3.8) is 0 Å². The molecule has 0 heterocycles. The number of nitrogens with one attached hydrogen (secondary N) is 1. The number of amides is 1. The van der Waals surface area contributed by atoms with Crippen LogP contribution in [0.25, 0.3) is 0 Å². The van der Waals surface area contributed by atoms with Gasteiger partial charge in [-0.3, -0.25) is 14.9 Å². The van der Waals surface area contributed by atoms with Crippen molar-refractivity contribution in [2.75, 3.05) is 6.54 Å². The summed E-state index contributed by atoms with van der Waals surface area (Å²) in [6.07, 6.45) is 0.703. The first-order chi connectivity index (χ1) is 9.68. The van der Waals surface area contributed by atoms with Crippen molar-refractivity contribution < 1.29 is 14.8 Å². The van der Waals surface area contributed by atoms with E-state index >= 15 is 0 Å². The van der Waals surface area contributed by atoms with Crippen LogP contribution in [-0.4, -0.2) is 28.0 Å². The number of rotatable bonds is 6. The molecule has 22 heavy (non-hydrogen) atoms. The molecule has 0 aliphatic carbocycles. The van der Waals surface area contributed by atoms with Crippen molar-refractivity contribution in [1.82, 2.24) is 5.32 Å². The van der Waals surface area contributed by atoms with Gasteiger partial charge in [0, 0.05) is 23.7 Å². The van der Waals surface area contributed by atoms with Crippen LogP contribution in [0.4, 0.5) is 5.69 Å². The lowest BCUT2D eigenvalue weighted by Crippen LogP contribution is -2.52. The van der Waals surface area contributed by atoms with Crippen LogP contribution in [0.15, 0.2) is 18.2 Å². The number of phenols is 1. The molecule has 1 aromatic rings. The lowest BCUT2D eigenvalue weighted by molar-refractivity contribution is -0.385. The van der Waals surface area contributed by atoms with E-state index in [9.17, 15) is 20.0 Å². The molecule has 0 aliphatic heterocycles. The molecule has 0 bridgehead atoms. The van der Waals surface area contributed by atoms with Gasteiger partial charge in [-0.15, -0.1) is 12.4 Å². The van der Waals surface area contributed by atoms with Crippen LogP contribution in [0.2, 0.25) is 0 Å². The van der Waals surface area contributed by atoms with Crippen molar-refractivity contribution >= 4 is 24.0 Å². The van der Waals surface area contributed by atoms with E-state index in [0.717, 1.165) is 12.1 Å². The lowest BCUT2D eigenvalue weighted by atomic mass is 9.90. The third-order valence-electron chi connectivity index (χ3n) is 3.16. The third kappa shape index (κ3) is 5.16. The molecule has 0 aliphatic rings. The second-order valence-corrected chi connectivity index (χ2v) is 5.78. The first-order valence-electron chi connectivity index (χ1n) is 6.68. The summed E-state index contributed by atoms with van der Waals surface area (Å²) < 4.78 is 0. The predicted molar refractivity (Wildman–Crippen MR) is 86.4 cm³/mol. The van der Waals surface area contributed by atoms with Crippen LogP contribution in [0, 0.1) is 16.0 Å². The number of carbonyl (C=O) groups is 1. The highest BCUT2D eigenvalue weighted by Gasteiger charge is 2.27. The molecule has 124 valence electrons. The minimum atomic E-state index is -0.709. The predicted octanol–water partition coefficient (Wildman–Crippen LogP) is 2.22. The van der Waals surface area contributed by atoms with E-state index in [1.807, 2.05) is 20.8 Å². The summed E-state index contributed by atoms with van der Waals surface area (Å²) in [6, 6.07) is 3.49. The number of hydrogen-bond donors (Lipinski definition) is 3. The maximum atomic E-state index is 12.2. The largest absolute Gasteiger partial charge is 0.502 e. The van der Waals surface area contributed by atoms with E-state index in [1.165, 1.54) is 6.07 Å². The van der Waals surface area contributed by atoms with Crippen molar-refractivity contribution in [3.05, 3.63) is 33.9 Å². The summed E-state index contributed by atoms with van der Waals surface area (Å²) >= 11 is 0. The molecular weight excluding hydrogens is 310 g/mol. The SMILES string of the molecule is CC(C)CC(C)(CN)NC(=O)c1ccc([N+](=O)[O-])c(O)c1.Cl. The molecule has 1 amide bonds. The summed E-state index contributed by atoms with van der Waals surface area (Å²) in [7, 11) is 0. The van der Waals surface area contributed by atoms with E-state index in [4.69, 9.17) is 5.73 Å². The Balaban J connectivity index is 0.00000441. The van der Waals surface area contributed by atoms with E-state index in [2.05, 4.69) is 5.32 Å². The molecular formula is C14H22ClN3O4. The number of hydrogen-bond acceptors (Lipinski definition) is 5. The Bertz CT molecular complexity index is 551. The number of carbonyl (C=O) groups excluding carboxylic acids is 1. The average Bonchev–Trinajstić information content (AvgIpc) is 2.37. The van der Waals surface area contributed by atoms with Gasteiger partial charge in [0.15, 0.2) is 5.75 Å². The van der Waals surface area contributed by atoms with Crippen LogP contribution in [0.5, 0.6) is 5.75 Å². The molecule has 8 heteroatoms. The normalized spacial score (nSPS) is 13.1. The smallest absolute Gasteiger partial charge is 0.310 e. The Hall–Kier alpha value is -1.86.